The molecule has 4 atom stereocenters. The number of ketones is 1. The van der Waals surface area contributed by atoms with Crippen molar-refractivity contribution in [3.8, 4) is 0 Å². The molecule has 37 heavy (non-hydrogen) atoms. The van der Waals surface area contributed by atoms with Crippen LogP contribution in [0.4, 0.5) is 5.69 Å². The van der Waals surface area contributed by atoms with Gasteiger partial charge in [-0.15, -0.1) is 0 Å². The quantitative estimate of drug-likeness (QED) is 0.545. The maximum absolute atomic E-state index is 13.7. The summed E-state index contributed by atoms with van der Waals surface area (Å²) in [5.41, 5.74) is 1.53. The lowest BCUT2D eigenvalue weighted by molar-refractivity contribution is -0.142. The summed E-state index contributed by atoms with van der Waals surface area (Å²) in [5, 5.41) is 2.94. The number of nitrogens with zero attached hydrogens (tertiary/aromatic N) is 3. The van der Waals surface area contributed by atoms with Gasteiger partial charge in [-0.05, 0) is 69.7 Å². The fraction of sp³-hybridized carbons (Fsp3) is 0.643. The van der Waals surface area contributed by atoms with Crippen molar-refractivity contribution in [2.24, 2.45) is 5.92 Å². The zero-order chi connectivity index (χ0) is 26.7. The Balaban J connectivity index is 1.46. The van der Waals surface area contributed by atoms with Crippen LogP contribution in [0.5, 0.6) is 0 Å². The second kappa shape index (κ2) is 11.6. The van der Waals surface area contributed by atoms with E-state index in [1.54, 1.807) is 21.9 Å². The Morgan fingerprint density at radius 2 is 1.78 bits per heavy atom. The van der Waals surface area contributed by atoms with E-state index >= 15 is 0 Å². The largest absolute Gasteiger partial charge is 0.372 e. The first-order chi connectivity index (χ1) is 17.7. The molecule has 1 aromatic carbocycles. The third kappa shape index (κ3) is 5.66. The standard InChI is InChI=1S/C28H40N4O5/c1-5-30(6-2)20-11-9-19(10-12-20)26(34)29-21(16-18(3)4)27(35)31-14-13-22-25(31)23(33)17-32(22)28(36)24-8-7-15-37-24/h9-12,18,21-22,24-25H,5-8,13-17H2,1-4H3,(H,29,34). The number of Topliss-reactive ketones (excluding diaryl/α,β-unsaturated/α-hetero) is 1. The summed E-state index contributed by atoms with van der Waals surface area (Å²) in [5.74, 6) is -0.672. The van der Waals surface area contributed by atoms with Crippen LogP contribution in [0.1, 0.15) is 63.7 Å². The number of likely N-dealkylation sites (tertiary alicyclic amines) is 2. The summed E-state index contributed by atoms with van der Waals surface area (Å²) in [7, 11) is 0. The van der Waals surface area contributed by atoms with Gasteiger partial charge in [0, 0.05) is 37.5 Å². The Bertz CT molecular complexity index is 1000. The lowest BCUT2D eigenvalue weighted by atomic mass is 10.0. The molecule has 0 aromatic heterocycles. The van der Waals surface area contributed by atoms with Crippen LogP contribution >= 0.6 is 0 Å². The molecule has 3 heterocycles. The van der Waals surface area contributed by atoms with Crippen molar-refractivity contribution in [3.63, 3.8) is 0 Å². The summed E-state index contributed by atoms with van der Waals surface area (Å²) < 4.78 is 5.55. The van der Waals surface area contributed by atoms with Gasteiger partial charge in [-0.25, -0.2) is 0 Å². The van der Waals surface area contributed by atoms with Crippen molar-refractivity contribution in [1.29, 1.82) is 0 Å². The van der Waals surface area contributed by atoms with E-state index < -0.39 is 18.2 Å². The number of carbonyl (C=O) groups excluding carboxylic acids is 4. The van der Waals surface area contributed by atoms with Crippen LogP contribution in [0.25, 0.3) is 0 Å². The highest BCUT2D eigenvalue weighted by molar-refractivity contribution is 6.01. The van der Waals surface area contributed by atoms with Crippen LogP contribution in [-0.2, 0) is 19.1 Å². The van der Waals surface area contributed by atoms with Gasteiger partial charge in [-0.3, -0.25) is 19.2 Å². The minimum Gasteiger partial charge on any atom is -0.372 e. The van der Waals surface area contributed by atoms with E-state index in [2.05, 4.69) is 24.1 Å². The van der Waals surface area contributed by atoms with E-state index in [-0.39, 0.29) is 42.0 Å². The third-order valence-electron chi connectivity index (χ3n) is 7.76. The predicted octanol–water partition coefficient (Wildman–Crippen LogP) is 2.24. The van der Waals surface area contributed by atoms with Gasteiger partial charge in [0.2, 0.25) is 5.91 Å². The molecule has 3 aliphatic heterocycles. The van der Waals surface area contributed by atoms with E-state index in [0.717, 1.165) is 25.2 Å². The summed E-state index contributed by atoms with van der Waals surface area (Å²) in [6, 6.07) is 5.67. The smallest absolute Gasteiger partial charge is 0.252 e. The van der Waals surface area contributed by atoms with Crippen molar-refractivity contribution in [1.82, 2.24) is 15.1 Å². The maximum Gasteiger partial charge on any atom is 0.252 e. The molecule has 1 N–H and O–H groups in total. The fourth-order valence-corrected chi connectivity index (χ4v) is 5.86. The molecular formula is C28H40N4O5. The number of anilines is 1. The average Bonchev–Trinajstić information content (AvgIpc) is 3.63. The predicted molar refractivity (Wildman–Crippen MR) is 140 cm³/mol. The van der Waals surface area contributed by atoms with Gasteiger partial charge >= 0.3 is 0 Å². The van der Waals surface area contributed by atoms with Crippen LogP contribution in [0.3, 0.4) is 0 Å². The van der Waals surface area contributed by atoms with Gasteiger partial charge in [0.1, 0.15) is 18.2 Å². The van der Waals surface area contributed by atoms with Crippen molar-refractivity contribution >= 4 is 29.2 Å². The number of benzene rings is 1. The highest BCUT2D eigenvalue weighted by Gasteiger charge is 2.53. The zero-order valence-electron chi connectivity index (χ0n) is 22.4. The van der Waals surface area contributed by atoms with Gasteiger partial charge in [0.15, 0.2) is 5.78 Å². The first-order valence-corrected chi connectivity index (χ1v) is 13.7. The minimum atomic E-state index is -0.746. The van der Waals surface area contributed by atoms with E-state index in [9.17, 15) is 19.2 Å². The molecule has 1 aromatic rings. The van der Waals surface area contributed by atoms with E-state index in [0.29, 0.717) is 38.0 Å². The number of hydrogen-bond acceptors (Lipinski definition) is 6. The molecule has 3 amide bonds. The molecule has 0 saturated carbocycles. The topological polar surface area (TPSA) is 99.3 Å². The molecule has 4 rings (SSSR count). The summed E-state index contributed by atoms with van der Waals surface area (Å²) in [6.07, 6.45) is 2.03. The van der Waals surface area contributed by atoms with E-state index in [1.807, 2.05) is 26.0 Å². The van der Waals surface area contributed by atoms with Crippen molar-refractivity contribution in [3.05, 3.63) is 29.8 Å². The molecule has 3 aliphatic rings. The van der Waals surface area contributed by atoms with Gasteiger partial charge in [0.25, 0.3) is 11.8 Å². The number of ether oxygens (including phenoxy) is 1. The first kappa shape index (κ1) is 27.1. The van der Waals surface area contributed by atoms with E-state index in [1.165, 1.54) is 0 Å². The fourth-order valence-electron chi connectivity index (χ4n) is 5.86. The van der Waals surface area contributed by atoms with Crippen LogP contribution in [0, 0.1) is 5.92 Å². The first-order valence-electron chi connectivity index (χ1n) is 13.7. The molecule has 9 heteroatoms. The maximum atomic E-state index is 13.7. The van der Waals surface area contributed by atoms with Crippen molar-refractivity contribution in [2.75, 3.05) is 37.7 Å². The number of amides is 3. The number of nitrogens with one attached hydrogen (secondary N) is 1. The summed E-state index contributed by atoms with van der Waals surface area (Å²) >= 11 is 0. The Kier molecular flexibility index (Phi) is 8.52. The lowest BCUT2D eigenvalue weighted by Crippen LogP contribution is -2.53. The molecule has 0 bridgehead atoms. The number of carbonyl (C=O) groups is 4. The third-order valence-corrected chi connectivity index (χ3v) is 7.76. The Morgan fingerprint density at radius 1 is 1.08 bits per heavy atom. The van der Waals surface area contributed by atoms with Crippen LogP contribution in [0.2, 0.25) is 0 Å². The minimum absolute atomic E-state index is 0.0118. The van der Waals surface area contributed by atoms with Gasteiger partial charge in [-0.1, -0.05) is 13.8 Å². The Labute approximate surface area is 219 Å². The Hall–Kier alpha value is -2.94. The van der Waals surface area contributed by atoms with Crippen LogP contribution in [0.15, 0.2) is 24.3 Å². The molecule has 202 valence electrons. The van der Waals surface area contributed by atoms with Gasteiger partial charge < -0.3 is 24.8 Å². The number of fused-ring (bicyclic) bond motifs is 1. The lowest BCUT2D eigenvalue weighted by Gasteiger charge is -2.29. The average molecular weight is 513 g/mol. The molecular weight excluding hydrogens is 472 g/mol. The van der Waals surface area contributed by atoms with Crippen molar-refractivity contribution < 1.29 is 23.9 Å². The second-order valence-electron chi connectivity index (χ2n) is 10.6. The van der Waals surface area contributed by atoms with Crippen molar-refractivity contribution in [2.45, 2.75) is 77.6 Å². The SMILES string of the molecule is CCN(CC)c1ccc(C(=O)NC(CC(C)C)C(=O)N2CCC3C2C(=O)CN3C(=O)C2CCCO2)cc1. The Morgan fingerprint density at radius 3 is 2.38 bits per heavy atom. The number of rotatable bonds is 9. The summed E-state index contributed by atoms with van der Waals surface area (Å²) in [6.45, 7) is 10.9. The second-order valence-corrected chi connectivity index (χ2v) is 10.6. The normalized spacial score (nSPS) is 23.9. The zero-order valence-corrected chi connectivity index (χ0v) is 22.4. The molecule has 3 fully saturated rings. The van der Waals surface area contributed by atoms with E-state index in [4.69, 9.17) is 4.74 Å². The summed E-state index contributed by atoms with van der Waals surface area (Å²) in [4.78, 5) is 58.2. The van der Waals surface area contributed by atoms with Crippen LogP contribution < -0.4 is 10.2 Å². The van der Waals surface area contributed by atoms with Gasteiger partial charge in [0.05, 0.1) is 12.6 Å². The highest BCUT2D eigenvalue weighted by Crippen LogP contribution is 2.32. The molecule has 3 saturated heterocycles. The molecule has 0 aliphatic carbocycles. The monoisotopic (exact) mass is 512 g/mol. The van der Waals surface area contributed by atoms with Crippen LogP contribution in [-0.4, -0.2) is 90.3 Å². The highest BCUT2D eigenvalue weighted by atomic mass is 16.5. The molecule has 0 spiro atoms. The molecule has 9 nitrogen and oxygen atoms in total. The van der Waals surface area contributed by atoms with Gasteiger partial charge in [-0.2, -0.15) is 0 Å². The molecule has 0 radical (unpaired) electrons. The number of hydrogen-bond donors (Lipinski definition) is 1. The molecule has 4 unspecified atom stereocenters.